The SMILES string of the molecule is CN(Cc1cc2ccccc2[nH]1)C(=O)/C=C/c1cnc2c(c1)OC(C)(C)C(=O)N2. The second kappa shape index (κ2) is 7.09. The van der Waals surface area contributed by atoms with E-state index in [-0.39, 0.29) is 11.8 Å². The molecule has 1 aromatic carbocycles. The van der Waals surface area contributed by atoms with Gasteiger partial charge in [0.15, 0.2) is 17.2 Å². The molecule has 0 aliphatic carbocycles. The highest BCUT2D eigenvalue weighted by Gasteiger charge is 2.36. The summed E-state index contributed by atoms with van der Waals surface area (Å²) in [6.45, 7) is 3.86. The van der Waals surface area contributed by atoms with Crippen molar-refractivity contribution in [2.24, 2.45) is 0 Å². The number of rotatable bonds is 4. The molecule has 3 heterocycles. The van der Waals surface area contributed by atoms with Crippen molar-refractivity contribution in [2.45, 2.75) is 26.0 Å². The van der Waals surface area contributed by atoms with Crippen molar-refractivity contribution in [3.8, 4) is 5.75 Å². The first kappa shape index (κ1) is 18.7. The summed E-state index contributed by atoms with van der Waals surface area (Å²) < 4.78 is 5.73. The van der Waals surface area contributed by atoms with Gasteiger partial charge in [-0.05, 0) is 49.1 Å². The van der Waals surface area contributed by atoms with Gasteiger partial charge in [0.2, 0.25) is 5.91 Å². The average Bonchev–Trinajstić information content (AvgIpc) is 3.09. The van der Waals surface area contributed by atoms with E-state index in [1.54, 1.807) is 44.1 Å². The van der Waals surface area contributed by atoms with Crippen LogP contribution >= 0.6 is 0 Å². The summed E-state index contributed by atoms with van der Waals surface area (Å²) in [5, 5.41) is 3.84. The molecule has 1 aliphatic heterocycles. The van der Waals surface area contributed by atoms with Gasteiger partial charge < -0.3 is 19.9 Å². The van der Waals surface area contributed by atoms with E-state index >= 15 is 0 Å². The number of para-hydroxylation sites is 1. The quantitative estimate of drug-likeness (QED) is 0.669. The predicted molar refractivity (Wildman–Crippen MR) is 111 cm³/mol. The number of nitrogens with zero attached hydrogens (tertiary/aromatic N) is 2. The zero-order valence-electron chi connectivity index (χ0n) is 16.5. The molecule has 0 fully saturated rings. The molecule has 7 heteroatoms. The molecule has 0 bridgehead atoms. The molecule has 0 radical (unpaired) electrons. The molecule has 4 rings (SSSR count). The summed E-state index contributed by atoms with van der Waals surface area (Å²) in [4.78, 5) is 33.6. The fraction of sp³-hybridized carbons (Fsp3) is 0.227. The lowest BCUT2D eigenvalue weighted by Gasteiger charge is -2.30. The first-order valence-corrected chi connectivity index (χ1v) is 9.32. The number of ether oxygens (including phenoxy) is 1. The van der Waals surface area contributed by atoms with Crippen LogP contribution in [0.15, 0.2) is 48.7 Å². The number of carbonyl (C=O) groups is 2. The van der Waals surface area contributed by atoms with Gasteiger partial charge in [0.05, 0.1) is 6.54 Å². The van der Waals surface area contributed by atoms with E-state index in [1.165, 1.54) is 6.08 Å². The maximum atomic E-state index is 12.5. The van der Waals surface area contributed by atoms with E-state index < -0.39 is 5.60 Å². The van der Waals surface area contributed by atoms with Gasteiger partial charge in [0.1, 0.15) is 0 Å². The fourth-order valence-electron chi connectivity index (χ4n) is 3.15. The summed E-state index contributed by atoms with van der Waals surface area (Å²) >= 11 is 0. The molecule has 3 aromatic rings. The summed E-state index contributed by atoms with van der Waals surface area (Å²) in [5.41, 5.74) is 1.77. The molecule has 29 heavy (non-hydrogen) atoms. The predicted octanol–water partition coefficient (Wildman–Crippen LogP) is 3.34. The van der Waals surface area contributed by atoms with Crippen LogP contribution in [0.3, 0.4) is 0 Å². The molecule has 0 saturated heterocycles. The molecule has 2 amide bonds. The Hall–Kier alpha value is -3.61. The largest absolute Gasteiger partial charge is 0.474 e. The first-order chi connectivity index (χ1) is 13.8. The minimum absolute atomic E-state index is 0.129. The number of hydrogen-bond acceptors (Lipinski definition) is 4. The zero-order valence-corrected chi connectivity index (χ0v) is 16.5. The van der Waals surface area contributed by atoms with Crippen molar-refractivity contribution in [1.82, 2.24) is 14.9 Å². The van der Waals surface area contributed by atoms with Gasteiger partial charge in [-0.3, -0.25) is 9.59 Å². The Morgan fingerprint density at radius 3 is 2.86 bits per heavy atom. The molecule has 0 spiro atoms. The lowest BCUT2D eigenvalue weighted by molar-refractivity contribution is -0.129. The second-order valence-corrected chi connectivity index (χ2v) is 7.59. The molecule has 1 aliphatic rings. The first-order valence-electron chi connectivity index (χ1n) is 9.32. The number of hydrogen-bond donors (Lipinski definition) is 2. The van der Waals surface area contributed by atoms with Crippen LogP contribution in [-0.4, -0.2) is 39.3 Å². The van der Waals surface area contributed by atoms with Crippen LogP contribution in [0.25, 0.3) is 17.0 Å². The summed E-state index contributed by atoms with van der Waals surface area (Å²) in [6.07, 6.45) is 4.77. The van der Waals surface area contributed by atoms with Gasteiger partial charge in [-0.25, -0.2) is 4.98 Å². The molecule has 0 atom stereocenters. The van der Waals surface area contributed by atoms with Gasteiger partial charge >= 0.3 is 0 Å². The monoisotopic (exact) mass is 390 g/mol. The Bertz CT molecular complexity index is 1100. The molecule has 0 unspecified atom stereocenters. The van der Waals surface area contributed by atoms with Gasteiger partial charge in [0, 0.05) is 30.5 Å². The number of likely N-dealkylation sites (N-methyl/N-ethyl adjacent to an activating group) is 1. The lowest BCUT2D eigenvalue weighted by Crippen LogP contribution is -2.46. The number of carbonyl (C=O) groups excluding carboxylic acids is 2. The summed E-state index contributed by atoms with van der Waals surface area (Å²) in [7, 11) is 1.75. The molecule has 2 N–H and O–H groups in total. The number of H-pyrrole nitrogens is 1. The number of anilines is 1. The maximum Gasteiger partial charge on any atom is 0.269 e. The minimum Gasteiger partial charge on any atom is -0.474 e. The van der Waals surface area contributed by atoms with Crippen molar-refractivity contribution in [2.75, 3.05) is 12.4 Å². The van der Waals surface area contributed by atoms with Crippen LogP contribution in [0.4, 0.5) is 5.82 Å². The molecule has 2 aromatic heterocycles. The van der Waals surface area contributed by atoms with Crippen molar-refractivity contribution < 1.29 is 14.3 Å². The highest BCUT2D eigenvalue weighted by molar-refractivity contribution is 5.99. The molecule has 7 nitrogen and oxygen atoms in total. The minimum atomic E-state index is -0.966. The maximum absolute atomic E-state index is 12.5. The number of amides is 2. The molecular weight excluding hydrogens is 368 g/mol. The standard InChI is InChI=1S/C22H22N4O3/c1-22(2)21(28)25-20-18(29-22)10-14(12-23-20)8-9-19(27)26(3)13-16-11-15-6-4-5-7-17(15)24-16/h4-12,24H,13H2,1-3H3,(H,23,25,28)/b9-8+. The Balaban J connectivity index is 1.44. The van der Waals surface area contributed by atoms with Crippen molar-refractivity contribution in [3.63, 3.8) is 0 Å². The van der Waals surface area contributed by atoms with Crippen LogP contribution < -0.4 is 10.1 Å². The fourth-order valence-corrected chi connectivity index (χ4v) is 3.15. The number of aromatic amines is 1. The van der Waals surface area contributed by atoms with Crippen LogP contribution in [0, 0.1) is 0 Å². The van der Waals surface area contributed by atoms with Crippen molar-refractivity contribution in [3.05, 3.63) is 59.9 Å². The highest BCUT2D eigenvalue weighted by Crippen LogP contribution is 2.32. The lowest BCUT2D eigenvalue weighted by atomic mass is 10.1. The van der Waals surface area contributed by atoms with Crippen LogP contribution in [0.1, 0.15) is 25.1 Å². The third-order valence-electron chi connectivity index (χ3n) is 4.81. The summed E-state index contributed by atoms with van der Waals surface area (Å²) in [6, 6.07) is 11.8. The van der Waals surface area contributed by atoms with E-state index in [9.17, 15) is 9.59 Å². The Morgan fingerprint density at radius 2 is 2.07 bits per heavy atom. The molecule has 148 valence electrons. The topological polar surface area (TPSA) is 87.3 Å². The number of pyridine rings is 1. The summed E-state index contributed by atoms with van der Waals surface area (Å²) in [5.74, 6) is 0.495. The third kappa shape index (κ3) is 3.85. The van der Waals surface area contributed by atoms with Gasteiger partial charge in [0.25, 0.3) is 5.91 Å². The zero-order chi connectivity index (χ0) is 20.6. The average molecular weight is 390 g/mol. The number of benzene rings is 1. The van der Waals surface area contributed by atoms with E-state index in [4.69, 9.17) is 4.74 Å². The van der Waals surface area contributed by atoms with Crippen molar-refractivity contribution >= 4 is 34.6 Å². The van der Waals surface area contributed by atoms with E-state index in [0.29, 0.717) is 23.7 Å². The Morgan fingerprint density at radius 1 is 1.28 bits per heavy atom. The van der Waals surface area contributed by atoms with Gasteiger partial charge in [-0.1, -0.05) is 18.2 Å². The number of fused-ring (bicyclic) bond motifs is 2. The normalized spacial score (nSPS) is 15.1. The Labute approximate surface area is 168 Å². The number of nitrogens with one attached hydrogen (secondary N) is 2. The van der Waals surface area contributed by atoms with Crippen molar-refractivity contribution in [1.29, 1.82) is 0 Å². The van der Waals surface area contributed by atoms with E-state index in [1.807, 2.05) is 30.3 Å². The van der Waals surface area contributed by atoms with Gasteiger partial charge in [-0.15, -0.1) is 0 Å². The van der Waals surface area contributed by atoms with Gasteiger partial charge in [-0.2, -0.15) is 0 Å². The molecule has 0 saturated carbocycles. The Kier molecular flexibility index (Phi) is 4.58. The van der Waals surface area contributed by atoms with Crippen LogP contribution in [0.5, 0.6) is 5.75 Å². The van der Waals surface area contributed by atoms with E-state index in [0.717, 1.165) is 16.6 Å². The molecular formula is C22H22N4O3. The van der Waals surface area contributed by atoms with Crippen LogP contribution in [-0.2, 0) is 16.1 Å². The second-order valence-electron chi connectivity index (χ2n) is 7.59. The highest BCUT2D eigenvalue weighted by atomic mass is 16.5. The third-order valence-corrected chi connectivity index (χ3v) is 4.81. The van der Waals surface area contributed by atoms with E-state index in [2.05, 4.69) is 15.3 Å². The van der Waals surface area contributed by atoms with Crippen LogP contribution in [0.2, 0.25) is 0 Å². The number of aromatic nitrogens is 2. The smallest absolute Gasteiger partial charge is 0.269 e.